The minimum atomic E-state index is -1.01. The molecule has 0 saturated carbocycles. The van der Waals surface area contributed by atoms with Crippen LogP contribution in [0.25, 0.3) is 0 Å². The highest BCUT2D eigenvalue weighted by Crippen LogP contribution is 1.96. The van der Waals surface area contributed by atoms with Gasteiger partial charge >= 0.3 is 5.97 Å². The summed E-state index contributed by atoms with van der Waals surface area (Å²) < 4.78 is 0. The van der Waals surface area contributed by atoms with Gasteiger partial charge in [-0.15, -0.1) is 0 Å². The monoisotopic (exact) mass is 135 g/mol. The van der Waals surface area contributed by atoms with Crippen LogP contribution < -0.4 is 5.73 Å². The number of hydrogen-bond donors (Lipinski definition) is 3. The molecule has 0 aromatic rings. The lowest BCUT2D eigenvalue weighted by Crippen LogP contribution is -2.37. The van der Waals surface area contributed by atoms with Gasteiger partial charge in [-0.3, -0.25) is 4.79 Å². The molecular weight excluding hydrogens is 126 g/mol. The molecule has 0 heterocycles. The average molecular weight is 135 g/mol. The van der Waals surface area contributed by atoms with Crippen LogP contribution in [0.2, 0.25) is 0 Å². The fourth-order valence-electron chi connectivity index (χ4n) is 0.206. The van der Waals surface area contributed by atoms with E-state index in [4.69, 9.17) is 10.8 Å². The molecule has 2 atom stereocenters. The van der Waals surface area contributed by atoms with E-state index in [-0.39, 0.29) is 5.25 Å². The Labute approximate surface area is 53.3 Å². The summed E-state index contributed by atoms with van der Waals surface area (Å²) in [6.07, 6.45) is 0. The van der Waals surface area contributed by atoms with Gasteiger partial charge in [-0.25, -0.2) is 0 Å². The molecule has 0 fully saturated rings. The first-order valence-corrected chi connectivity index (χ1v) is 2.74. The zero-order valence-corrected chi connectivity index (χ0v) is 5.43. The van der Waals surface area contributed by atoms with E-state index in [1.54, 1.807) is 6.92 Å². The molecule has 0 aliphatic carbocycles. The Hall–Kier alpha value is -0.220. The smallest absolute Gasteiger partial charge is 0.321 e. The average Bonchev–Trinajstić information content (AvgIpc) is 1.64. The highest BCUT2D eigenvalue weighted by molar-refractivity contribution is 7.81. The van der Waals surface area contributed by atoms with E-state index in [0.717, 1.165) is 0 Å². The number of thiol groups is 1. The zero-order chi connectivity index (χ0) is 6.73. The first-order chi connectivity index (χ1) is 3.55. The lowest BCUT2D eigenvalue weighted by atomic mass is 10.2. The molecule has 0 aromatic carbocycles. The van der Waals surface area contributed by atoms with Gasteiger partial charge in [-0.1, -0.05) is 6.92 Å². The SMILES string of the molecule is C[C@H](S)[C@H](N)C(=O)O. The molecule has 0 rings (SSSR count). The van der Waals surface area contributed by atoms with Crippen LogP contribution in [-0.2, 0) is 4.79 Å². The summed E-state index contributed by atoms with van der Waals surface area (Å²) in [5, 5.41) is 7.89. The fourth-order valence-corrected chi connectivity index (χ4v) is 0.334. The molecule has 48 valence electrons. The highest BCUT2D eigenvalue weighted by atomic mass is 32.1. The molecule has 0 amide bonds. The van der Waals surface area contributed by atoms with Crippen molar-refractivity contribution in [3.63, 3.8) is 0 Å². The molecule has 0 unspecified atom stereocenters. The molecule has 3 nitrogen and oxygen atoms in total. The van der Waals surface area contributed by atoms with Crippen molar-refractivity contribution in [3.05, 3.63) is 0 Å². The molecule has 8 heavy (non-hydrogen) atoms. The van der Waals surface area contributed by atoms with Gasteiger partial charge < -0.3 is 10.8 Å². The standard InChI is InChI=1S/C4H9NO2S/c1-2(8)3(5)4(6)7/h2-3,8H,5H2,1H3,(H,6,7)/t2-,3-/m0/s1. The summed E-state index contributed by atoms with van der Waals surface area (Å²) in [5.41, 5.74) is 5.08. The second kappa shape index (κ2) is 2.94. The largest absolute Gasteiger partial charge is 0.480 e. The molecule has 0 aliphatic heterocycles. The molecule has 0 saturated heterocycles. The summed E-state index contributed by atoms with van der Waals surface area (Å²) in [6, 6.07) is -0.849. The lowest BCUT2D eigenvalue weighted by molar-refractivity contribution is -0.138. The number of carboxylic acid groups (broad SMARTS) is 1. The quantitative estimate of drug-likeness (QED) is 0.456. The molecule has 3 N–H and O–H groups in total. The van der Waals surface area contributed by atoms with Crippen LogP contribution in [-0.4, -0.2) is 22.4 Å². The predicted molar refractivity (Wildman–Crippen MR) is 34.1 cm³/mol. The summed E-state index contributed by atoms with van der Waals surface area (Å²) >= 11 is 3.83. The Morgan fingerprint density at radius 2 is 2.25 bits per heavy atom. The second-order valence-corrected chi connectivity index (χ2v) is 2.42. The topological polar surface area (TPSA) is 63.3 Å². The van der Waals surface area contributed by atoms with Crippen molar-refractivity contribution in [2.24, 2.45) is 5.73 Å². The van der Waals surface area contributed by atoms with Gasteiger partial charge in [0.15, 0.2) is 0 Å². The van der Waals surface area contributed by atoms with Crippen molar-refractivity contribution in [3.8, 4) is 0 Å². The van der Waals surface area contributed by atoms with E-state index >= 15 is 0 Å². The number of rotatable bonds is 2. The number of carbonyl (C=O) groups is 1. The molecule has 0 radical (unpaired) electrons. The third-order valence-electron chi connectivity index (χ3n) is 0.805. The van der Waals surface area contributed by atoms with Crippen molar-refractivity contribution < 1.29 is 9.90 Å². The Morgan fingerprint density at radius 3 is 2.25 bits per heavy atom. The Bertz CT molecular complexity index is 94.0. The van der Waals surface area contributed by atoms with E-state index in [9.17, 15) is 4.79 Å². The molecular formula is C4H9NO2S. The first-order valence-electron chi connectivity index (χ1n) is 2.22. The molecule has 0 aromatic heterocycles. The zero-order valence-electron chi connectivity index (χ0n) is 4.53. The second-order valence-electron chi connectivity index (χ2n) is 1.60. The highest BCUT2D eigenvalue weighted by Gasteiger charge is 2.15. The van der Waals surface area contributed by atoms with Crippen molar-refractivity contribution >= 4 is 18.6 Å². The van der Waals surface area contributed by atoms with Gasteiger partial charge in [0.25, 0.3) is 0 Å². The number of nitrogens with two attached hydrogens (primary N) is 1. The fraction of sp³-hybridized carbons (Fsp3) is 0.750. The Kier molecular flexibility index (Phi) is 2.86. The predicted octanol–water partition coefficient (Wildman–Crippen LogP) is -0.283. The van der Waals surface area contributed by atoms with E-state index < -0.39 is 12.0 Å². The van der Waals surface area contributed by atoms with Crippen LogP contribution in [0.5, 0.6) is 0 Å². The van der Waals surface area contributed by atoms with Crippen LogP contribution in [0.4, 0.5) is 0 Å². The van der Waals surface area contributed by atoms with Gasteiger partial charge in [0.2, 0.25) is 0 Å². The molecule has 0 aliphatic rings. The Morgan fingerprint density at radius 1 is 1.88 bits per heavy atom. The van der Waals surface area contributed by atoms with Gasteiger partial charge in [0.1, 0.15) is 6.04 Å². The van der Waals surface area contributed by atoms with Crippen LogP contribution in [0.1, 0.15) is 6.92 Å². The van der Waals surface area contributed by atoms with Crippen molar-refractivity contribution in [1.82, 2.24) is 0 Å². The molecule has 4 heteroatoms. The van der Waals surface area contributed by atoms with Crippen LogP contribution >= 0.6 is 12.6 Å². The van der Waals surface area contributed by atoms with Gasteiger partial charge in [-0.2, -0.15) is 12.6 Å². The van der Waals surface area contributed by atoms with Crippen molar-refractivity contribution in [1.29, 1.82) is 0 Å². The van der Waals surface area contributed by atoms with Crippen molar-refractivity contribution in [2.45, 2.75) is 18.2 Å². The minimum Gasteiger partial charge on any atom is -0.480 e. The molecule has 0 spiro atoms. The van der Waals surface area contributed by atoms with E-state index in [1.165, 1.54) is 0 Å². The van der Waals surface area contributed by atoms with E-state index in [2.05, 4.69) is 12.6 Å². The van der Waals surface area contributed by atoms with E-state index in [0.29, 0.717) is 0 Å². The third kappa shape index (κ3) is 2.18. The maximum Gasteiger partial charge on any atom is 0.321 e. The Balaban J connectivity index is 3.64. The summed E-state index contributed by atoms with van der Waals surface area (Å²) in [5.74, 6) is -1.01. The summed E-state index contributed by atoms with van der Waals surface area (Å²) in [6.45, 7) is 1.64. The normalized spacial score (nSPS) is 17.4. The van der Waals surface area contributed by atoms with Crippen LogP contribution in [0.15, 0.2) is 0 Å². The van der Waals surface area contributed by atoms with Crippen LogP contribution in [0, 0.1) is 0 Å². The maximum atomic E-state index is 9.97. The third-order valence-corrected chi connectivity index (χ3v) is 1.13. The van der Waals surface area contributed by atoms with Gasteiger partial charge in [0, 0.05) is 5.25 Å². The number of hydrogen-bond acceptors (Lipinski definition) is 3. The number of aliphatic carboxylic acids is 1. The molecule has 0 bridgehead atoms. The van der Waals surface area contributed by atoms with Gasteiger partial charge in [-0.05, 0) is 0 Å². The minimum absolute atomic E-state index is 0.285. The summed E-state index contributed by atoms with van der Waals surface area (Å²) in [7, 11) is 0. The summed E-state index contributed by atoms with van der Waals surface area (Å²) in [4.78, 5) is 9.97. The lowest BCUT2D eigenvalue weighted by Gasteiger charge is -2.07. The maximum absolute atomic E-state index is 9.97. The van der Waals surface area contributed by atoms with E-state index in [1.807, 2.05) is 0 Å². The number of carboxylic acids is 1. The van der Waals surface area contributed by atoms with Gasteiger partial charge in [0.05, 0.1) is 0 Å². The van der Waals surface area contributed by atoms with Crippen LogP contribution in [0.3, 0.4) is 0 Å². The first kappa shape index (κ1) is 7.78. The van der Waals surface area contributed by atoms with Crippen molar-refractivity contribution in [2.75, 3.05) is 0 Å².